The Morgan fingerprint density at radius 2 is 1.81 bits per heavy atom. The van der Waals surface area contributed by atoms with Crippen LogP contribution < -0.4 is 4.74 Å². The summed E-state index contributed by atoms with van der Waals surface area (Å²) >= 11 is 3.62. The zero-order valence-corrected chi connectivity index (χ0v) is 12.4. The molecule has 0 aromatic heterocycles. The fourth-order valence-electron chi connectivity index (χ4n) is 2.05. The molecule has 1 unspecified atom stereocenters. The lowest BCUT2D eigenvalue weighted by molar-refractivity contribution is 0.410. The van der Waals surface area contributed by atoms with Gasteiger partial charge in [0.2, 0.25) is 0 Å². The van der Waals surface area contributed by atoms with Crippen molar-refractivity contribution < 1.29 is 4.74 Å². The molecule has 16 heavy (non-hydrogen) atoms. The Morgan fingerprint density at radius 1 is 1.19 bits per heavy atom. The normalized spacial score (nSPS) is 12.9. The van der Waals surface area contributed by atoms with E-state index in [4.69, 9.17) is 4.74 Å². The molecule has 1 aromatic carbocycles. The van der Waals surface area contributed by atoms with Gasteiger partial charge in [-0.05, 0) is 48.4 Å². The highest BCUT2D eigenvalue weighted by molar-refractivity contribution is 9.09. The number of methoxy groups -OCH3 is 1. The maximum atomic E-state index is 5.34. The molecule has 0 bridgehead atoms. The SMILES string of the molecule is COc1cc(C)c(C(CBr)C(C)C)cc1C. The third-order valence-electron chi connectivity index (χ3n) is 3.15. The van der Waals surface area contributed by atoms with E-state index in [9.17, 15) is 0 Å². The highest BCUT2D eigenvalue weighted by Crippen LogP contribution is 2.32. The van der Waals surface area contributed by atoms with Crippen LogP contribution in [0.4, 0.5) is 0 Å². The van der Waals surface area contributed by atoms with Crippen molar-refractivity contribution in [3.63, 3.8) is 0 Å². The van der Waals surface area contributed by atoms with Crippen molar-refractivity contribution in [1.29, 1.82) is 0 Å². The van der Waals surface area contributed by atoms with E-state index in [0.717, 1.165) is 11.1 Å². The number of hydrogen-bond acceptors (Lipinski definition) is 1. The molecule has 0 N–H and O–H groups in total. The van der Waals surface area contributed by atoms with Gasteiger partial charge in [-0.25, -0.2) is 0 Å². The minimum atomic E-state index is 0.574. The Morgan fingerprint density at radius 3 is 2.25 bits per heavy atom. The number of rotatable bonds is 4. The molecule has 0 heterocycles. The van der Waals surface area contributed by atoms with Crippen molar-refractivity contribution in [3.05, 3.63) is 28.8 Å². The molecule has 0 spiro atoms. The average Bonchev–Trinajstić information content (AvgIpc) is 2.23. The molecule has 0 aliphatic rings. The van der Waals surface area contributed by atoms with E-state index in [-0.39, 0.29) is 0 Å². The smallest absolute Gasteiger partial charge is 0.122 e. The van der Waals surface area contributed by atoms with Crippen LogP contribution in [0.3, 0.4) is 0 Å². The van der Waals surface area contributed by atoms with Crippen molar-refractivity contribution in [3.8, 4) is 5.75 Å². The van der Waals surface area contributed by atoms with Gasteiger partial charge in [0, 0.05) is 5.33 Å². The van der Waals surface area contributed by atoms with Crippen LogP contribution in [0.5, 0.6) is 5.75 Å². The summed E-state index contributed by atoms with van der Waals surface area (Å²) in [6.07, 6.45) is 0. The molecule has 90 valence electrons. The molecular weight excluding hydrogens is 264 g/mol. The van der Waals surface area contributed by atoms with Crippen molar-refractivity contribution in [1.82, 2.24) is 0 Å². The first kappa shape index (κ1) is 13.6. The predicted molar refractivity (Wildman–Crippen MR) is 73.8 cm³/mol. The molecule has 0 saturated carbocycles. The van der Waals surface area contributed by atoms with E-state index in [2.05, 4.69) is 55.8 Å². The first-order valence-electron chi connectivity index (χ1n) is 5.72. The van der Waals surface area contributed by atoms with E-state index in [1.807, 2.05) is 0 Å². The van der Waals surface area contributed by atoms with Crippen molar-refractivity contribution in [2.45, 2.75) is 33.6 Å². The van der Waals surface area contributed by atoms with Gasteiger partial charge >= 0.3 is 0 Å². The van der Waals surface area contributed by atoms with Gasteiger partial charge in [0.05, 0.1) is 7.11 Å². The van der Waals surface area contributed by atoms with E-state index < -0.39 is 0 Å². The molecule has 1 aromatic rings. The molecule has 0 amide bonds. The quantitative estimate of drug-likeness (QED) is 0.743. The van der Waals surface area contributed by atoms with Crippen LogP contribution in [-0.4, -0.2) is 12.4 Å². The molecule has 0 aliphatic heterocycles. The lowest BCUT2D eigenvalue weighted by Crippen LogP contribution is -2.10. The second-order valence-electron chi connectivity index (χ2n) is 4.68. The fraction of sp³-hybridized carbons (Fsp3) is 0.571. The van der Waals surface area contributed by atoms with Crippen LogP contribution >= 0.6 is 15.9 Å². The Labute approximate surface area is 107 Å². The number of halogens is 1. The maximum Gasteiger partial charge on any atom is 0.122 e. The monoisotopic (exact) mass is 284 g/mol. The molecule has 0 aliphatic carbocycles. The van der Waals surface area contributed by atoms with Gasteiger partial charge in [-0.3, -0.25) is 0 Å². The lowest BCUT2D eigenvalue weighted by atomic mass is 9.86. The Hall–Kier alpha value is -0.500. The Kier molecular flexibility index (Phi) is 4.85. The minimum absolute atomic E-state index is 0.574. The van der Waals surface area contributed by atoms with Gasteiger partial charge in [0.15, 0.2) is 0 Å². The summed E-state index contributed by atoms with van der Waals surface area (Å²) in [5, 5.41) is 1.01. The molecular formula is C14H21BrO. The summed E-state index contributed by atoms with van der Waals surface area (Å²) in [5.41, 5.74) is 3.97. The second-order valence-corrected chi connectivity index (χ2v) is 5.33. The lowest BCUT2D eigenvalue weighted by Gasteiger charge is -2.22. The number of aryl methyl sites for hydroxylation is 2. The van der Waals surface area contributed by atoms with Crippen molar-refractivity contribution in [2.75, 3.05) is 12.4 Å². The Balaban J connectivity index is 3.18. The number of hydrogen-bond donors (Lipinski definition) is 0. The third kappa shape index (κ3) is 2.79. The second kappa shape index (κ2) is 5.72. The predicted octanol–water partition coefficient (Wildman–Crippen LogP) is 4.45. The summed E-state index contributed by atoms with van der Waals surface area (Å²) in [6, 6.07) is 4.41. The number of benzene rings is 1. The first-order chi connectivity index (χ1) is 7.51. The summed E-state index contributed by atoms with van der Waals surface area (Å²) in [7, 11) is 1.73. The van der Waals surface area contributed by atoms with Gasteiger partial charge in [-0.1, -0.05) is 35.8 Å². The number of alkyl halides is 1. The van der Waals surface area contributed by atoms with Gasteiger partial charge < -0.3 is 4.74 Å². The standard InChI is InChI=1S/C14H21BrO/c1-9(2)13(8-15)12-6-11(4)14(16-5)7-10(12)3/h6-7,9,13H,8H2,1-5H3. The van der Waals surface area contributed by atoms with Crippen molar-refractivity contribution >= 4 is 15.9 Å². The summed E-state index contributed by atoms with van der Waals surface area (Å²) < 4.78 is 5.34. The highest BCUT2D eigenvalue weighted by Gasteiger charge is 2.17. The van der Waals surface area contributed by atoms with Crippen LogP contribution in [0.1, 0.15) is 36.5 Å². The molecule has 0 fully saturated rings. The van der Waals surface area contributed by atoms with E-state index in [0.29, 0.717) is 11.8 Å². The maximum absolute atomic E-state index is 5.34. The minimum Gasteiger partial charge on any atom is -0.496 e. The molecule has 1 atom stereocenters. The van der Waals surface area contributed by atoms with Crippen LogP contribution in [0.15, 0.2) is 12.1 Å². The van der Waals surface area contributed by atoms with E-state index >= 15 is 0 Å². The molecule has 1 nitrogen and oxygen atoms in total. The fourth-order valence-corrected chi connectivity index (χ4v) is 3.15. The first-order valence-corrected chi connectivity index (χ1v) is 6.84. The van der Waals surface area contributed by atoms with Gasteiger partial charge in [-0.2, -0.15) is 0 Å². The zero-order valence-electron chi connectivity index (χ0n) is 10.8. The molecule has 0 radical (unpaired) electrons. The third-order valence-corrected chi connectivity index (χ3v) is 3.85. The Bertz CT molecular complexity index is 358. The highest BCUT2D eigenvalue weighted by atomic mass is 79.9. The van der Waals surface area contributed by atoms with E-state index in [1.54, 1.807) is 7.11 Å². The summed E-state index contributed by atoms with van der Waals surface area (Å²) in [4.78, 5) is 0. The molecule has 1 rings (SSSR count). The van der Waals surface area contributed by atoms with Crippen LogP contribution in [0.25, 0.3) is 0 Å². The number of ether oxygens (including phenoxy) is 1. The average molecular weight is 285 g/mol. The van der Waals surface area contributed by atoms with Crippen molar-refractivity contribution in [2.24, 2.45) is 5.92 Å². The van der Waals surface area contributed by atoms with Crippen LogP contribution in [0, 0.1) is 19.8 Å². The van der Waals surface area contributed by atoms with Gasteiger partial charge in [0.1, 0.15) is 5.75 Å². The summed E-state index contributed by atoms with van der Waals surface area (Å²) in [6.45, 7) is 8.80. The largest absolute Gasteiger partial charge is 0.496 e. The zero-order chi connectivity index (χ0) is 12.3. The molecule has 0 saturated heterocycles. The van der Waals surface area contributed by atoms with E-state index in [1.165, 1.54) is 16.7 Å². The molecule has 2 heteroatoms. The summed E-state index contributed by atoms with van der Waals surface area (Å²) in [5.74, 6) is 2.20. The van der Waals surface area contributed by atoms with Gasteiger partial charge in [-0.15, -0.1) is 0 Å². The van der Waals surface area contributed by atoms with Gasteiger partial charge in [0.25, 0.3) is 0 Å². The topological polar surface area (TPSA) is 9.23 Å². The van der Waals surface area contributed by atoms with Crippen LogP contribution in [0.2, 0.25) is 0 Å². The van der Waals surface area contributed by atoms with Crippen LogP contribution in [-0.2, 0) is 0 Å².